The Bertz CT molecular complexity index is 1110. The number of hydrogen-bond acceptors (Lipinski definition) is 7. The summed E-state index contributed by atoms with van der Waals surface area (Å²) in [6.07, 6.45) is 4.80. The number of fused-ring (bicyclic) bond motifs is 1. The molecular formula is C22H29N5O4S. The van der Waals surface area contributed by atoms with E-state index >= 15 is 0 Å². The van der Waals surface area contributed by atoms with Crippen molar-refractivity contribution < 1.29 is 17.9 Å². The van der Waals surface area contributed by atoms with Gasteiger partial charge in [0.15, 0.2) is 9.84 Å². The molecule has 0 spiro atoms. The summed E-state index contributed by atoms with van der Waals surface area (Å²) in [5.41, 5.74) is 1.90. The molecule has 2 amide bonds. The molecule has 2 aliphatic rings. The molecule has 3 heterocycles. The lowest BCUT2D eigenvalue weighted by atomic mass is 9.97. The van der Waals surface area contributed by atoms with E-state index in [9.17, 15) is 13.2 Å². The molecule has 10 heteroatoms. The van der Waals surface area contributed by atoms with Crippen LogP contribution in [0, 0.1) is 0 Å². The Labute approximate surface area is 188 Å². The van der Waals surface area contributed by atoms with E-state index in [-0.39, 0.29) is 17.5 Å². The summed E-state index contributed by atoms with van der Waals surface area (Å²) in [5.74, 6) is 0.575. The van der Waals surface area contributed by atoms with Crippen molar-refractivity contribution >= 4 is 21.8 Å². The van der Waals surface area contributed by atoms with Crippen LogP contribution in [0.25, 0.3) is 0 Å². The number of carbonyl (C=O) groups is 1. The Morgan fingerprint density at radius 2 is 2.03 bits per heavy atom. The zero-order valence-corrected chi connectivity index (χ0v) is 19.4. The summed E-state index contributed by atoms with van der Waals surface area (Å²) in [5, 5.41) is 6.28. The number of nitrogens with one attached hydrogen (secondary N) is 2. The molecule has 1 aromatic carbocycles. The highest BCUT2D eigenvalue weighted by Gasteiger charge is 2.41. The fourth-order valence-corrected chi connectivity index (χ4v) is 4.81. The second kappa shape index (κ2) is 8.67. The largest absolute Gasteiger partial charge is 0.381 e. The fraction of sp³-hybridized carbons (Fsp3) is 0.500. The number of rotatable bonds is 5. The maximum atomic E-state index is 13.0. The van der Waals surface area contributed by atoms with Crippen LogP contribution in [0.15, 0.2) is 35.4 Å². The number of anilines is 1. The van der Waals surface area contributed by atoms with Crippen LogP contribution >= 0.6 is 0 Å². The normalized spacial score (nSPS) is 18.3. The minimum Gasteiger partial charge on any atom is -0.381 e. The lowest BCUT2D eigenvalue weighted by Gasteiger charge is -2.32. The number of aromatic nitrogens is 2. The molecule has 1 aromatic heterocycles. The number of benzene rings is 1. The fourth-order valence-electron chi connectivity index (χ4n) is 4.12. The molecule has 172 valence electrons. The van der Waals surface area contributed by atoms with Gasteiger partial charge in [-0.2, -0.15) is 0 Å². The number of ether oxygens (including phenoxy) is 1. The van der Waals surface area contributed by atoms with Crippen LogP contribution in [0.5, 0.6) is 0 Å². The van der Waals surface area contributed by atoms with E-state index in [0.29, 0.717) is 18.5 Å². The Morgan fingerprint density at radius 3 is 2.75 bits per heavy atom. The van der Waals surface area contributed by atoms with Gasteiger partial charge >= 0.3 is 6.03 Å². The molecule has 0 atom stereocenters. The van der Waals surface area contributed by atoms with Gasteiger partial charge in [-0.05, 0) is 44.4 Å². The number of carbonyl (C=O) groups excluding carboxylic acids is 1. The average molecular weight is 460 g/mol. The summed E-state index contributed by atoms with van der Waals surface area (Å²) in [4.78, 5) is 24.1. The maximum Gasteiger partial charge on any atom is 0.318 e. The third-order valence-electron chi connectivity index (χ3n) is 6.08. The maximum absolute atomic E-state index is 13.0. The van der Waals surface area contributed by atoms with Crippen molar-refractivity contribution in [1.29, 1.82) is 0 Å². The highest BCUT2D eigenvalue weighted by Crippen LogP contribution is 2.37. The lowest BCUT2D eigenvalue weighted by Crippen LogP contribution is -2.45. The first-order valence-electron chi connectivity index (χ1n) is 10.7. The summed E-state index contributed by atoms with van der Waals surface area (Å²) in [6, 6.07) is 6.65. The molecule has 32 heavy (non-hydrogen) atoms. The Morgan fingerprint density at radius 1 is 1.28 bits per heavy atom. The van der Waals surface area contributed by atoms with Gasteiger partial charge in [0.1, 0.15) is 0 Å². The first kappa shape index (κ1) is 22.5. The van der Waals surface area contributed by atoms with E-state index in [2.05, 4.69) is 20.6 Å². The molecule has 9 nitrogen and oxygen atoms in total. The van der Waals surface area contributed by atoms with E-state index in [1.54, 1.807) is 35.4 Å². The molecule has 2 N–H and O–H groups in total. The molecule has 1 fully saturated rings. The molecule has 0 saturated carbocycles. The number of sulfone groups is 1. The van der Waals surface area contributed by atoms with Gasteiger partial charge in [-0.25, -0.2) is 23.2 Å². The van der Waals surface area contributed by atoms with Gasteiger partial charge in [0.05, 0.1) is 22.7 Å². The van der Waals surface area contributed by atoms with Crippen LogP contribution in [0.4, 0.5) is 10.7 Å². The van der Waals surface area contributed by atoms with Crippen molar-refractivity contribution in [2.24, 2.45) is 0 Å². The number of hydrogen-bond donors (Lipinski definition) is 2. The molecule has 0 aliphatic carbocycles. The molecule has 0 radical (unpaired) electrons. The topological polar surface area (TPSA) is 114 Å². The van der Waals surface area contributed by atoms with Crippen molar-refractivity contribution in [2.75, 3.05) is 24.8 Å². The van der Waals surface area contributed by atoms with Gasteiger partial charge in [-0.15, -0.1) is 0 Å². The van der Waals surface area contributed by atoms with Crippen LogP contribution < -0.4 is 10.6 Å². The van der Waals surface area contributed by atoms with Gasteiger partial charge in [0, 0.05) is 43.8 Å². The minimum atomic E-state index is -3.30. The number of nitrogens with zero attached hydrogens (tertiary/aromatic N) is 3. The van der Waals surface area contributed by atoms with E-state index < -0.39 is 15.4 Å². The second-order valence-electron chi connectivity index (χ2n) is 8.81. The predicted octanol–water partition coefficient (Wildman–Crippen LogP) is 2.43. The van der Waals surface area contributed by atoms with Crippen molar-refractivity contribution in [2.45, 2.75) is 56.3 Å². The summed E-state index contributed by atoms with van der Waals surface area (Å²) in [6.45, 7) is 6.01. The smallest absolute Gasteiger partial charge is 0.318 e. The quantitative estimate of drug-likeness (QED) is 0.706. The van der Waals surface area contributed by atoms with E-state index in [1.807, 2.05) is 13.8 Å². The van der Waals surface area contributed by atoms with Gasteiger partial charge in [-0.3, -0.25) is 0 Å². The molecule has 2 aromatic rings. The van der Waals surface area contributed by atoms with Gasteiger partial charge in [-0.1, -0.05) is 12.1 Å². The SMILES string of the molecule is CC1(C)c2cnc(NC3CCOCC3)nc2CN1C(=O)NCc1cccc(S(C)(=O)=O)c1. The van der Waals surface area contributed by atoms with Crippen LogP contribution in [0.2, 0.25) is 0 Å². The lowest BCUT2D eigenvalue weighted by molar-refractivity contribution is 0.0903. The second-order valence-corrected chi connectivity index (χ2v) is 10.8. The monoisotopic (exact) mass is 459 g/mol. The summed E-state index contributed by atoms with van der Waals surface area (Å²) in [7, 11) is -3.30. The van der Waals surface area contributed by atoms with Gasteiger partial charge in [0.25, 0.3) is 0 Å². The third-order valence-corrected chi connectivity index (χ3v) is 7.19. The van der Waals surface area contributed by atoms with Crippen LogP contribution in [-0.2, 0) is 33.2 Å². The average Bonchev–Trinajstić information content (AvgIpc) is 3.02. The number of amides is 2. The third kappa shape index (κ3) is 4.71. The van der Waals surface area contributed by atoms with E-state index in [4.69, 9.17) is 4.74 Å². The number of urea groups is 1. The molecule has 0 bridgehead atoms. The summed E-state index contributed by atoms with van der Waals surface area (Å²) >= 11 is 0. The van der Waals surface area contributed by atoms with Gasteiger partial charge in [0.2, 0.25) is 5.95 Å². The van der Waals surface area contributed by atoms with Crippen LogP contribution in [0.3, 0.4) is 0 Å². The molecule has 4 rings (SSSR count). The summed E-state index contributed by atoms with van der Waals surface area (Å²) < 4.78 is 28.9. The highest BCUT2D eigenvalue weighted by atomic mass is 32.2. The van der Waals surface area contributed by atoms with E-state index in [1.165, 1.54) is 6.26 Å². The zero-order valence-electron chi connectivity index (χ0n) is 18.6. The van der Waals surface area contributed by atoms with Crippen molar-refractivity contribution in [3.8, 4) is 0 Å². The van der Waals surface area contributed by atoms with Crippen molar-refractivity contribution in [3.63, 3.8) is 0 Å². The van der Waals surface area contributed by atoms with Crippen LogP contribution in [0.1, 0.15) is 43.5 Å². The zero-order chi connectivity index (χ0) is 22.9. The standard InChI is InChI=1S/C22H29N5O4S/c1-22(2)18-13-23-20(25-16-7-9-31-10-8-16)26-19(18)14-27(22)21(28)24-12-15-5-4-6-17(11-15)32(3,29)30/h4-6,11,13,16H,7-10,12,14H2,1-3H3,(H,24,28)(H,23,25,26). The molecule has 0 unspecified atom stereocenters. The van der Waals surface area contributed by atoms with Crippen molar-refractivity contribution in [3.05, 3.63) is 47.3 Å². The minimum absolute atomic E-state index is 0.230. The Balaban J connectivity index is 1.43. The Kier molecular flexibility index (Phi) is 6.09. The van der Waals surface area contributed by atoms with E-state index in [0.717, 1.165) is 42.9 Å². The van der Waals surface area contributed by atoms with Crippen LogP contribution in [-0.4, -0.2) is 54.8 Å². The first-order chi connectivity index (χ1) is 15.1. The highest BCUT2D eigenvalue weighted by molar-refractivity contribution is 7.90. The van der Waals surface area contributed by atoms with Gasteiger partial charge < -0.3 is 20.3 Å². The molecule has 1 saturated heterocycles. The predicted molar refractivity (Wildman–Crippen MR) is 120 cm³/mol. The first-order valence-corrected chi connectivity index (χ1v) is 12.6. The Hall–Kier alpha value is -2.72. The van der Waals surface area contributed by atoms with Crippen molar-refractivity contribution in [1.82, 2.24) is 20.2 Å². The molecule has 2 aliphatic heterocycles. The molecular weight excluding hydrogens is 430 g/mol.